The van der Waals surface area contributed by atoms with Gasteiger partial charge in [-0.2, -0.15) is 5.01 Å². The quantitative estimate of drug-likeness (QED) is 0.488. The summed E-state index contributed by atoms with van der Waals surface area (Å²) in [5, 5.41) is 11.9. The van der Waals surface area contributed by atoms with Gasteiger partial charge < -0.3 is 5.11 Å². The summed E-state index contributed by atoms with van der Waals surface area (Å²) in [7, 11) is 0. The Morgan fingerprint density at radius 3 is 2.53 bits per heavy atom. The molecule has 0 saturated carbocycles. The minimum atomic E-state index is -0.507. The Morgan fingerprint density at radius 2 is 1.81 bits per heavy atom. The van der Waals surface area contributed by atoms with Crippen molar-refractivity contribution in [3.8, 4) is 5.75 Å². The first kappa shape index (κ1) is 21.8. The molecule has 3 aromatic rings. The maximum atomic E-state index is 13.1. The predicted molar refractivity (Wildman–Crippen MR) is 127 cm³/mol. The van der Waals surface area contributed by atoms with Crippen molar-refractivity contribution in [2.75, 3.05) is 0 Å². The summed E-state index contributed by atoms with van der Waals surface area (Å²) >= 11 is 9.25. The van der Waals surface area contributed by atoms with Gasteiger partial charge in [0.25, 0.3) is 5.91 Å². The highest BCUT2D eigenvalue weighted by Crippen LogP contribution is 2.27. The van der Waals surface area contributed by atoms with Crippen LogP contribution < -0.4 is 5.43 Å². The smallest absolute Gasteiger partial charge is 0.297 e. The molecule has 0 bridgehead atoms. The molecule has 2 amide bonds. The molecule has 0 fully saturated rings. The number of carbonyl (C=O) groups is 2. The minimum absolute atomic E-state index is 0.00943. The predicted octanol–water partition coefficient (Wildman–Crippen LogP) is 4.71. The van der Waals surface area contributed by atoms with Crippen LogP contribution in [0.2, 0.25) is 5.02 Å². The van der Waals surface area contributed by atoms with Gasteiger partial charge in [0.15, 0.2) is 5.84 Å². The van der Waals surface area contributed by atoms with Crippen LogP contribution in [-0.2, 0) is 16.0 Å². The first-order valence-corrected chi connectivity index (χ1v) is 10.8. The molecule has 3 aromatic carbocycles. The van der Waals surface area contributed by atoms with Crippen molar-refractivity contribution >= 4 is 51.3 Å². The van der Waals surface area contributed by atoms with Gasteiger partial charge >= 0.3 is 0 Å². The zero-order chi connectivity index (χ0) is 22.7. The monoisotopic (exact) mass is 509 g/mol. The molecule has 0 aliphatic carbocycles. The Kier molecular flexibility index (Phi) is 6.39. The summed E-state index contributed by atoms with van der Waals surface area (Å²) in [5.74, 6) is -0.584. The lowest BCUT2D eigenvalue weighted by molar-refractivity contribution is -0.133. The van der Waals surface area contributed by atoms with E-state index < -0.39 is 5.91 Å². The molecule has 0 radical (unpaired) electrons. The number of hydrogen-bond donors (Lipinski definition) is 2. The fourth-order valence-corrected chi connectivity index (χ4v) is 3.65. The van der Waals surface area contributed by atoms with Crippen LogP contribution in [0, 0.1) is 0 Å². The number of aliphatic imine (C=N–C) groups is 1. The van der Waals surface area contributed by atoms with Gasteiger partial charge in [0.2, 0.25) is 5.91 Å². The average Bonchev–Trinajstić information content (AvgIpc) is 3.08. The van der Waals surface area contributed by atoms with Gasteiger partial charge in [-0.05, 0) is 42.0 Å². The molecule has 0 atom stereocenters. The minimum Gasteiger partial charge on any atom is -0.507 e. The van der Waals surface area contributed by atoms with Crippen LogP contribution in [0.25, 0.3) is 6.08 Å². The topological polar surface area (TPSA) is 82.0 Å². The Labute approximate surface area is 198 Å². The summed E-state index contributed by atoms with van der Waals surface area (Å²) in [6.07, 6.45) is 1.55. The standard InChI is InChI=1S/C24H17BrClN3O3/c25-18-8-11-21(30)17(13-18)14-20-24(32)29(23(27-20)16-4-2-1-3-5-16)28-22(31)12-15-6-9-19(26)10-7-15/h1-11,13-14,30H,12H2,(H,28,31)/b20-14-. The molecule has 0 unspecified atom stereocenters. The van der Waals surface area contributed by atoms with Crippen LogP contribution in [-0.4, -0.2) is 27.8 Å². The van der Waals surface area contributed by atoms with E-state index in [0.29, 0.717) is 22.0 Å². The van der Waals surface area contributed by atoms with Gasteiger partial charge in [0, 0.05) is 20.6 Å². The largest absolute Gasteiger partial charge is 0.507 e. The average molecular weight is 511 g/mol. The highest BCUT2D eigenvalue weighted by Gasteiger charge is 2.32. The molecule has 1 aliphatic rings. The number of hydrogen-bond acceptors (Lipinski definition) is 4. The third-order valence-electron chi connectivity index (χ3n) is 4.69. The molecule has 2 N–H and O–H groups in total. The molecule has 0 saturated heterocycles. The van der Waals surface area contributed by atoms with Crippen LogP contribution in [0.5, 0.6) is 5.75 Å². The van der Waals surface area contributed by atoms with Gasteiger partial charge in [0.1, 0.15) is 11.4 Å². The normalized spacial score (nSPS) is 14.6. The third kappa shape index (κ3) is 4.90. The van der Waals surface area contributed by atoms with Crippen LogP contribution in [0.4, 0.5) is 0 Å². The number of amides is 2. The van der Waals surface area contributed by atoms with Crippen molar-refractivity contribution in [2.24, 2.45) is 4.99 Å². The van der Waals surface area contributed by atoms with Crippen LogP contribution in [0.1, 0.15) is 16.7 Å². The molecule has 1 heterocycles. The van der Waals surface area contributed by atoms with E-state index in [9.17, 15) is 14.7 Å². The highest BCUT2D eigenvalue weighted by molar-refractivity contribution is 9.10. The van der Waals surface area contributed by atoms with Crippen LogP contribution in [0.3, 0.4) is 0 Å². The summed E-state index contributed by atoms with van der Waals surface area (Å²) in [4.78, 5) is 30.3. The van der Waals surface area contributed by atoms with Gasteiger partial charge in [0.05, 0.1) is 6.42 Å². The molecule has 32 heavy (non-hydrogen) atoms. The summed E-state index contributed by atoms with van der Waals surface area (Å²) < 4.78 is 0.744. The molecular weight excluding hydrogens is 494 g/mol. The van der Waals surface area contributed by atoms with Crippen molar-refractivity contribution in [1.29, 1.82) is 0 Å². The van der Waals surface area contributed by atoms with Crippen molar-refractivity contribution in [3.63, 3.8) is 0 Å². The van der Waals surface area contributed by atoms with Gasteiger partial charge in [-0.15, -0.1) is 0 Å². The molecule has 160 valence electrons. The van der Waals surface area contributed by atoms with Crippen LogP contribution >= 0.6 is 27.5 Å². The number of nitrogens with one attached hydrogen (secondary N) is 1. The Bertz CT molecular complexity index is 1240. The van der Waals surface area contributed by atoms with E-state index in [4.69, 9.17) is 11.6 Å². The summed E-state index contributed by atoms with van der Waals surface area (Å²) in [6.45, 7) is 0. The Balaban J connectivity index is 1.64. The fourth-order valence-electron chi connectivity index (χ4n) is 3.14. The molecule has 1 aliphatic heterocycles. The van der Waals surface area contributed by atoms with Crippen molar-refractivity contribution in [1.82, 2.24) is 10.4 Å². The zero-order valence-corrected chi connectivity index (χ0v) is 19.0. The second-order valence-electron chi connectivity index (χ2n) is 7.01. The number of hydrazine groups is 1. The van der Waals surface area contributed by atoms with E-state index >= 15 is 0 Å². The number of halogens is 2. The van der Waals surface area contributed by atoms with Crippen LogP contribution in [0.15, 0.2) is 88.0 Å². The number of rotatable bonds is 5. The van der Waals surface area contributed by atoms with Crippen molar-refractivity contribution in [2.45, 2.75) is 6.42 Å². The molecule has 0 aromatic heterocycles. The lowest BCUT2D eigenvalue weighted by Crippen LogP contribution is -2.48. The number of phenolic OH excluding ortho intramolecular Hbond substituents is 1. The molecular formula is C24H17BrClN3O3. The number of amidine groups is 1. The van der Waals surface area contributed by atoms with Gasteiger partial charge in [-0.25, -0.2) is 4.99 Å². The number of nitrogens with zero attached hydrogens (tertiary/aromatic N) is 2. The summed E-state index contributed by atoms with van der Waals surface area (Å²) in [6, 6.07) is 20.9. The second-order valence-corrected chi connectivity index (χ2v) is 8.37. The molecule has 0 spiro atoms. The van der Waals surface area contributed by atoms with Crippen molar-refractivity contribution in [3.05, 3.63) is 105 Å². The fraction of sp³-hybridized carbons (Fsp3) is 0.0417. The van der Waals surface area contributed by atoms with Gasteiger partial charge in [-0.1, -0.05) is 70.0 Å². The molecule has 4 rings (SSSR count). The Morgan fingerprint density at radius 1 is 1.09 bits per heavy atom. The van der Waals surface area contributed by atoms with E-state index in [2.05, 4.69) is 26.3 Å². The number of carbonyl (C=O) groups excluding carboxylic acids is 2. The van der Waals surface area contributed by atoms with E-state index in [-0.39, 0.29) is 23.8 Å². The van der Waals surface area contributed by atoms with E-state index in [1.807, 2.05) is 18.2 Å². The van der Waals surface area contributed by atoms with E-state index in [1.54, 1.807) is 48.5 Å². The molecule has 8 heteroatoms. The second kappa shape index (κ2) is 9.38. The van der Waals surface area contributed by atoms with Crippen molar-refractivity contribution < 1.29 is 14.7 Å². The SMILES string of the molecule is O=C(Cc1ccc(Cl)cc1)NN1C(=O)/C(=C/c2cc(Br)ccc2O)N=C1c1ccccc1. The van der Waals surface area contributed by atoms with E-state index in [1.165, 1.54) is 12.1 Å². The lowest BCUT2D eigenvalue weighted by Gasteiger charge is -2.19. The summed E-state index contributed by atoms with van der Waals surface area (Å²) in [5.41, 5.74) is 4.58. The molecule has 6 nitrogen and oxygen atoms in total. The first-order valence-electron chi connectivity index (χ1n) is 9.63. The highest BCUT2D eigenvalue weighted by atomic mass is 79.9. The number of benzene rings is 3. The number of aromatic hydroxyl groups is 1. The van der Waals surface area contributed by atoms with E-state index in [0.717, 1.165) is 15.0 Å². The maximum absolute atomic E-state index is 13.1. The first-order chi connectivity index (χ1) is 15.4. The third-order valence-corrected chi connectivity index (χ3v) is 5.43. The Hall–Kier alpha value is -3.42. The maximum Gasteiger partial charge on any atom is 0.297 e. The lowest BCUT2D eigenvalue weighted by atomic mass is 10.1. The zero-order valence-electron chi connectivity index (χ0n) is 16.6. The number of phenols is 1. The van der Waals surface area contributed by atoms with Gasteiger partial charge in [-0.3, -0.25) is 15.0 Å².